The Morgan fingerprint density at radius 1 is 1.26 bits per heavy atom. The lowest BCUT2D eigenvalue weighted by atomic mass is 10.1. The molecular formula is C21H16BrN3O6. The normalized spacial score (nSPS) is 14.5. The number of aliphatic imine (C=N–C) groups is 1. The van der Waals surface area contributed by atoms with Gasteiger partial charge in [0.15, 0.2) is 23.8 Å². The molecule has 9 nitrogen and oxygen atoms in total. The standard InChI is InChI=1S/C21H16BrN3O6/c1-12-17(25(27)31-24-12)11-29-19-15(22)8-13(10-18(19)28-2)9-16-21(26)30-20(23-16)14-6-4-3-5-7-14/h3-10H,11H2,1-2H3/b16-9+. The Morgan fingerprint density at radius 2 is 2.03 bits per heavy atom. The van der Waals surface area contributed by atoms with Crippen molar-refractivity contribution < 1.29 is 28.5 Å². The second-order valence-corrected chi connectivity index (χ2v) is 7.34. The number of benzene rings is 2. The van der Waals surface area contributed by atoms with Crippen molar-refractivity contribution in [2.45, 2.75) is 13.5 Å². The quantitative estimate of drug-likeness (QED) is 0.299. The number of nitrogens with zero attached hydrogens (tertiary/aromatic N) is 3. The van der Waals surface area contributed by atoms with Gasteiger partial charge < -0.3 is 19.4 Å². The Hall–Kier alpha value is -3.66. The monoisotopic (exact) mass is 485 g/mol. The van der Waals surface area contributed by atoms with Crippen LogP contribution in [0.4, 0.5) is 0 Å². The van der Waals surface area contributed by atoms with Crippen LogP contribution in [0.5, 0.6) is 11.5 Å². The molecule has 2 aromatic carbocycles. The van der Waals surface area contributed by atoms with Crippen LogP contribution in [0.25, 0.3) is 6.08 Å². The number of esters is 1. The van der Waals surface area contributed by atoms with Gasteiger partial charge in [-0.15, -0.1) is 0 Å². The largest absolute Gasteiger partial charge is 0.493 e. The fourth-order valence-corrected chi connectivity index (χ4v) is 3.44. The van der Waals surface area contributed by atoms with E-state index in [0.29, 0.717) is 37.7 Å². The van der Waals surface area contributed by atoms with E-state index in [1.807, 2.05) is 30.3 Å². The molecule has 0 saturated heterocycles. The van der Waals surface area contributed by atoms with E-state index >= 15 is 0 Å². The second-order valence-electron chi connectivity index (χ2n) is 6.49. The van der Waals surface area contributed by atoms with Crippen LogP contribution in [0, 0.1) is 12.1 Å². The number of halogens is 1. The molecule has 0 bridgehead atoms. The number of methoxy groups -OCH3 is 1. The summed E-state index contributed by atoms with van der Waals surface area (Å²) < 4.78 is 21.5. The van der Waals surface area contributed by atoms with E-state index < -0.39 is 5.97 Å². The topological polar surface area (TPSA) is 110 Å². The summed E-state index contributed by atoms with van der Waals surface area (Å²) in [7, 11) is 1.49. The molecule has 1 aliphatic rings. The molecule has 2 heterocycles. The van der Waals surface area contributed by atoms with Gasteiger partial charge in [-0.25, -0.2) is 9.79 Å². The first-order valence-corrected chi connectivity index (χ1v) is 9.89. The van der Waals surface area contributed by atoms with Gasteiger partial charge in [0.2, 0.25) is 17.3 Å². The first-order valence-electron chi connectivity index (χ1n) is 9.09. The predicted molar refractivity (Wildman–Crippen MR) is 112 cm³/mol. The number of ether oxygens (including phenoxy) is 3. The van der Waals surface area contributed by atoms with Gasteiger partial charge in [0.05, 0.1) is 11.6 Å². The highest BCUT2D eigenvalue weighted by molar-refractivity contribution is 9.10. The van der Waals surface area contributed by atoms with Crippen LogP contribution < -0.4 is 14.4 Å². The summed E-state index contributed by atoms with van der Waals surface area (Å²) in [5.74, 6) is 0.481. The molecule has 0 amide bonds. The van der Waals surface area contributed by atoms with Crippen molar-refractivity contribution in [2.75, 3.05) is 7.11 Å². The maximum absolute atomic E-state index is 12.2. The molecule has 0 spiro atoms. The van der Waals surface area contributed by atoms with E-state index in [1.165, 1.54) is 7.11 Å². The summed E-state index contributed by atoms with van der Waals surface area (Å²) in [5.41, 5.74) is 2.19. The molecule has 0 N–H and O–H groups in total. The lowest BCUT2D eigenvalue weighted by molar-refractivity contribution is -0.808. The SMILES string of the molecule is COc1cc(/C=C2/N=C(c3ccccc3)OC2=O)cc(Br)c1OCc1c(C)no[n+]1[O-]. The minimum absolute atomic E-state index is 0.0642. The molecule has 1 aliphatic heterocycles. The van der Waals surface area contributed by atoms with Crippen molar-refractivity contribution in [3.05, 3.63) is 80.4 Å². The summed E-state index contributed by atoms with van der Waals surface area (Å²) in [6, 6.07) is 12.6. The van der Waals surface area contributed by atoms with Crippen LogP contribution in [0.3, 0.4) is 0 Å². The van der Waals surface area contributed by atoms with Crippen molar-refractivity contribution in [1.29, 1.82) is 0 Å². The van der Waals surface area contributed by atoms with Gasteiger partial charge in [-0.2, -0.15) is 0 Å². The van der Waals surface area contributed by atoms with Crippen molar-refractivity contribution in [3.63, 3.8) is 0 Å². The van der Waals surface area contributed by atoms with E-state index in [4.69, 9.17) is 14.2 Å². The molecule has 0 saturated carbocycles. The summed E-state index contributed by atoms with van der Waals surface area (Å²) >= 11 is 3.44. The molecular weight excluding hydrogens is 470 g/mol. The van der Waals surface area contributed by atoms with Gasteiger partial charge >= 0.3 is 5.97 Å². The third-order valence-corrected chi connectivity index (χ3v) is 5.03. The number of hydrogen-bond acceptors (Lipinski definition) is 8. The van der Waals surface area contributed by atoms with E-state index in [1.54, 1.807) is 25.1 Å². The Balaban J connectivity index is 1.61. The van der Waals surface area contributed by atoms with Crippen LogP contribution in [0.15, 0.2) is 62.3 Å². The van der Waals surface area contributed by atoms with Crippen LogP contribution >= 0.6 is 15.9 Å². The molecule has 1 aromatic heterocycles. The number of hydrogen-bond donors (Lipinski definition) is 0. The fraction of sp³-hybridized carbons (Fsp3) is 0.143. The molecule has 0 fully saturated rings. The third-order valence-electron chi connectivity index (χ3n) is 4.44. The van der Waals surface area contributed by atoms with Crippen molar-refractivity contribution in [1.82, 2.24) is 5.16 Å². The zero-order valence-electron chi connectivity index (χ0n) is 16.5. The number of aryl methyl sites for hydroxylation is 1. The highest BCUT2D eigenvalue weighted by Gasteiger charge is 2.24. The van der Waals surface area contributed by atoms with Gasteiger partial charge in [0.1, 0.15) is 0 Å². The Labute approximate surface area is 185 Å². The highest BCUT2D eigenvalue weighted by atomic mass is 79.9. The molecule has 10 heteroatoms. The second kappa shape index (κ2) is 8.60. The van der Waals surface area contributed by atoms with Gasteiger partial charge in [0, 0.05) is 17.6 Å². The van der Waals surface area contributed by atoms with Crippen molar-refractivity contribution in [2.24, 2.45) is 4.99 Å². The lowest BCUT2D eigenvalue weighted by Gasteiger charge is -2.12. The molecule has 0 radical (unpaired) electrons. The summed E-state index contributed by atoms with van der Waals surface area (Å²) in [6.07, 6.45) is 1.59. The van der Waals surface area contributed by atoms with Gasteiger partial charge in [-0.1, -0.05) is 18.2 Å². The molecule has 158 valence electrons. The van der Waals surface area contributed by atoms with E-state index in [9.17, 15) is 10.0 Å². The molecule has 0 aliphatic carbocycles. The zero-order chi connectivity index (χ0) is 22.0. The first-order chi connectivity index (χ1) is 15.0. The Kier molecular flexibility index (Phi) is 5.72. The van der Waals surface area contributed by atoms with Gasteiger partial charge in [0.25, 0.3) is 0 Å². The average Bonchev–Trinajstić information content (AvgIpc) is 3.29. The lowest BCUT2D eigenvalue weighted by Crippen LogP contribution is -2.29. The molecule has 31 heavy (non-hydrogen) atoms. The first kappa shape index (κ1) is 20.6. The third kappa shape index (κ3) is 4.29. The molecule has 0 atom stereocenters. The average molecular weight is 486 g/mol. The number of carbonyl (C=O) groups is 1. The zero-order valence-corrected chi connectivity index (χ0v) is 18.1. The van der Waals surface area contributed by atoms with Gasteiger partial charge in [-0.05, 0) is 56.7 Å². The van der Waals surface area contributed by atoms with Crippen LogP contribution in [0.1, 0.15) is 22.5 Å². The van der Waals surface area contributed by atoms with Crippen LogP contribution in [-0.2, 0) is 16.1 Å². The fourth-order valence-electron chi connectivity index (χ4n) is 2.86. The van der Waals surface area contributed by atoms with E-state index in [2.05, 4.69) is 30.7 Å². The van der Waals surface area contributed by atoms with E-state index in [0.717, 1.165) is 0 Å². The van der Waals surface area contributed by atoms with Crippen molar-refractivity contribution >= 4 is 33.9 Å². The maximum atomic E-state index is 12.2. The number of aromatic nitrogens is 2. The van der Waals surface area contributed by atoms with Gasteiger partial charge in [-0.3, -0.25) is 4.63 Å². The highest BCUT2D eigenvalue weighted by Crippen LogP contribution is 2.38. The molecule has 3 aromatic rings. The van der Waals surface area contributed by atoms with E-state index in [-0.39, 0.29) is 23.9 Å². The van der Waals surface area contributed by atoms with Crippen molar-refractivity contribution in [3.8, 4) is 11.5 Å². The van der Waals surface area contributed by atoms with Crippen LogP contribution in [-0.4, -0.2) is 24.1 Å². The smallest absolute Gasteiger partial charge is 0.363 e. The Morgan fingerprint density at radius 3 is 2.71 bits per heavy atom. The Bertz CT molecular complexity index is 1180. The predicted octanol–water partition coefficient (Wildman–Crippen LogP) is 3.31. The summed E-state index contributed by atoms with van der Waals surface area (Å²) in [4.78, 5) is 16.8. The molecule has 4 rings (SSSR count). The number of rotatable bonds is 6. The summed E-state index contributed by atoms with van der Waals surface area (Å²) in [5, 5.41) is 15.2. The summed E-state index contributed by atoms with van der Waals surface area (Å²) in [6.45, 7) is 1.58. The number of cyclic esters (lactones) is 1. The van der Waals surface area contributed by atoms with Crippen LogP contribution in [0.2, 0.25) is 0 Å². The minimum atomic E-state index is -0.544. The molecule has 0 unspecified atom stereocenters. The minimum Gasteiger partial charge on any atom is -0.493 e. The number of carbonyl (C=O) groups excluding carboxylic acids is 1. The maximum Gasteiger partial charge on any atom is 0.363 e.